The van der Waals surface area contributed by atoms with Crippen LogP contribution in [-0.4, -0.2) is 219 Å². The second-order valence-corrected chi connectivity index (χ2v) is 36.1. The first-order valence-electron chi connectivity index (χ1n) is 42.8. The molecule has 5 aromatic rings. The molecular formula is C90H121F2N11O10. The first kappa shape index (κ1) is 78.9. The standard InChI is InChI=1S/C25H31N3O2.C24H33N3O3.C21H29FN2O.C20H26FN3O4.H2/c1-16-3-6-22-20(11-16)25(15-28(22)24(29)21-12-17(2)30-26-21)7-9-27(10-8-25)23-14-18-4-5-19(23)13-18;1-3-30-23(29)27-18-8-9-19(27)15-20(14-18)25-12-10-24(11-13-25)16-26(17(2)28)22-7-5-4-6-21(22)24;1-16(25)24-15-21(19-14-17(22)8-9-20(19)24)10-12-23(13-11-21)18-6-4-2-3-5-7-18;1-22(2)18(25)24-13-20(16-11-14(21)3-4-17(16)24)6-8-23(9-7-20)19(26)28-15-5-10-27-12-15;/h3,6,11-12,18-19,23H,4-5,7-10,13-15H2,1-2H3;4-7,18-20H,3,8-16H2,1-2H3;8-9,14,18H,2-7,10-13,15H2,1H3;3-4,11,15H,5-10,12-13H2,1-2H3;1H/t;;;15-;/m...1./s1. The van der Waals surface area contributed by atoms with Crippen LogP contribution in [0.5, 0.6) is 0 Å². The molecule has 7 saturated heterocycles. The third-order valence-corrected chi connectivity index (χ3v) is 29.3. The maximum atomic E-state index is 14.0. The second-order valence-electron chi connectivity index (χ2n) is 36.1. The monoisotopic (exact) mass is 1550 g/mol. The normalized spacial score (nSPS) is 26.9. The molecule has 0 N–H and O–H groups in total. The molecule has 610 valence electrons. The van der Waals surface area contributed by atoms with Crippen LogP contribution >= 0.6 is 0 Å². The summed E-state index contributed by atoms with van der Waals surface area (Å²) in [5, 5.41) is 4.00. The van der Waals surface area contributed by atoms with Gasteiger partial charge in [-0.15, -0.1) is 0 Å². The summed E-state index contributed by atoms with van der Waals surface area (Å²) in [5.74, 6) is 2.29. The highest BCUT2D eigenvalue weighted by atomic mass is 19.1. The van der Waals surface area contributed by atoms with E-state index in [-0.39, 0.29) is 76.8 Å². The molecule has 4 aromatic carbocycles. The summed E-state index contributed by atoms with van der Waals surface area (Å²) in [7, 11) is 3.42. The Kier molecular flexibility index (Phi) is 22.8. The van der Waals surface area contributed by atoms with Gasteiger partial charge in [-0.1, -0.05) is 73.2 Å². The van der Waals surface area contributed by atoms with Crippen molar-refractivity contribution in [3.05, 3.63) is 136 Å². The highest BCUT2D eigenvalue weighted by Crippen LogP contribution is 2.55. The van der Waals surface area contributed by atoms with Gasteiger partial charge in [0.05, 0.1) is 19.8 Å². The van der Waals surface area contributed by atoms with Crippen molar-refractivity contribution in [1.29, 1.82) is 0 Å². The van der Waals surface area contributed by atoms with Crippen LogP contribution in [0, 0.1) is 37.3 Å². The van der Waals surface area contributed by atoms with E-state index in [1.54, 1.807) is 68.1 Å². The molecule has 23 heteroatoms. The third kappa shape index (κ3) is 15.5. The predicted octanol–water partition coefficient (Wildman–Crippen LogP) is 15.1. The lowest BCUT2D eigenvalue weighted by Gasteiger charge is -2.47. The van der Waals surface area contributed by atoms with E-state index in [0.29, 0.717) is 81.9 Å². The molecule has 4 bridgehead atoms. The van der Waals surface area contributed by atoms with Crippen molar-refractivity contribution in [2.24, 2.45) is 11.8 Å². The molecular weight excluding hydrogens is 1430 g/mol. The SMILES string of the molecule is CC(=O)N1CC2(CCN(C3CCCCCC3)CC2)c2cc(F)ccc21.CCOC(=O)N1C2CCC1CC(N1CCC3(CC1)CN(C(C)=O)c1ccccc13)C2.CN(C)C(=O)N1CC2(CCN(C(=O)O[C@@H]3CCOC3)CC2)c2cc(F)ccc21.Cc1ccc2c(c1)C1(CCN(C3CC4CCC3C4)CC1)CN2C(=O)c1cc(C)on1.[HH]. The number of piperidine rings is 5. The number of aromatic nitrogens is 1. The molecule has 10 fully saturated rings. The number of hydrogen-bond acceptors (Lipinski definition) is 14. The molecule has 11 aliphatic heterocycles. The Balaban J connectivity index is 0.000000120. The molecule has 14 aliphatic rings. The Morgan fingerprint density at radius 1 is 0.531 bits per heavy atom. The Morgan fingerprint density at radius 2 is 1.05 bits per heavy atom. The minimum absolute atomic E-state index is 0. The maximum Gasteiger partial charge on any atom is 0.410 e. The quantitative estimate of drug-likeness (QED) is 0.146. The smallest absolute Gasteiger partial charge is 0.410 e. The number of benzene rings is 4. The van der Waals surface area contributed by atoms with Gasteiger partial charge in [-0.2, -0.15) is 0 Å². The Bertz CT molecular complexity index is 4310. The number of carbonyl (C=O) groups is 6. The zero-order chi connectivity index (χ0) is 78.7. The van der Waals surface area contributed by atoms with E-state index >= 15 is 0 Å². The minimum atomic E-state index is -0.337. The van der Waals surface area contributed by atoms with Crippen molar-refractivity contribution in [2.45, 2.75) is 240 Å². The Morgan fingerprint density at radius 3 is 1.59 bits per heavy atom. The number of fused-ring (bicyclic) bond motifs is 12. The number of urea groups is 1. The van der Waals surface area contributed by atoms with Gasteiger partial charge in [0.1, 0.15) is 23.5 Å². The Labute approximate surface area is 667 Å². The summed E-state index contributed by atoms with van der Waals surface area (Å²) in [5.41, 5.74) is 9.98. The van der Waals surface area contributed by atoms with Crippen molar-refractivity contribution >= 4 is 58.7 Å². The molecule has 0 radical (unpaired) electrons. The van der Waals surface area contributed by atoms with Crippen LogP contribution in [0.25, 0.3) is 0 Å². The molecule has 4 spiro atoms. The molecule has 113 heavy (non-hydrogen) atoms. The van der Waals surface area contributed by atoms with E-state index in [1.165, 1.54) is 97.9 Å². The lowest BCUT2D eigenvalue weighted by atomic mass is 9.73. The number of anilines is 4. The summed E-state index contributed by atoms with van der Waals surface area (Å²) >= 11 is 0. The van der Waals surface area contributed by atoms with Crippen molar-refractivity contribution in [3.8, 4) is 0 Å². The van der Waals surface area contributed by atoms with Crippen LogP contribution in [0.1, 0.15) is 214 Å². The molecule has 6 atom stereocenters. The fraction of sp³-hybridized carbons (Fsp3) is 0.633. The van der Waals surface area contributed by atoms with Crippen LogP contribution < -0.4 is 19.6 Å². The van der Waals surface area contributed by atoms with E-state index in [4.69, 9.17) is 18.7 Å². The van der Waals surface area contributed by atoms with Crippen molar-refractivity contribution in [1.82, 2.24) is 34.6 Å². The van der Waals surface area contributed by atoms with Gasteiger partial charge in [-0.05, 0) is 252 Å². The summed E-state index contributed by atoms with van der Waals surface area (Å²) < 4.78 is 49.2. The van der Waals surface area contributed by atoms with E-state index < -0.39 is 0 Å². The third-order valence-electron chi connectivity index (χ3n) is 29.3. The fourth-order valence-corrected chi connectivity index (χ4v) is 23.2. The first-order valence-corrected chi connectivity index (χ1v) is 42.8. The number of hydrogen-bond donors (Lipinski definition) is 0. The molecule has 12 heterocycles. The summed E-state index contributed by atoms with van der Waals surface area (Å²) in [4.78, 5) is 96.0. The number of aryl methyl sites for hydroxylation is 2. The van der Waals surface area contributed by atoms with Gasteiger partial charge >= 0.3 is 18.2 Å². The minimum Gasteiger partial charge on any atom is -0.450 e. The van der Waals surface area contributed by atoms with Crippen molar-refractivity contribution in [3.63, 3.8) is 0 Å². The van der Waals surface area contributed by atoms with Crippen LogP contribution in [0.3, 0.4) is 0 Å². The maximum absolute atomic E-state index is 14.0. The van der Waals surface area contributed by atoms with Crippen LogP contribution in [0.4, 0.5) is 45.9 Å². The van der Waals surface area contributed by atoms with E-state index in [0.717, 1.165) is 187 Å². The molecule has 3 aliphatic carbocycles. The lowest BCUT2D eigenvalue weighted by Crippen LogP contribution is -2.55. The molecule has 7 amide bonds. The lowest BCUT2D eigenvalue weighted by molar-refractivity contribution is -0.117. The van der Waals surface area contributed by atoms with E-state index in [1.807, 2.05) is 39.5 Å². The number of ether oxygens (including phenoxy) is 3. The average molecular weight is 1560 g/mol. The number of likely N-dealkylation sites (tertiary alicyclic amines) is 4. The summed E-state index contributed by atoms with van der Waals surface area (Å²) in [6, 6.07) is 29.0. The van der Waals surface area contributed by atoms with Gasteiger partial charge in [-0.3, -0.25) is 19.3 Å². The van der Waals surface area contributed by atoms with Crippen LogP contribution in [0.15, 0.2) is 89.5 Å². The highest BCUT2D eigenvalue weighted by molar-refractivity contribution is 6.06. The molecule has 21 nitrogen and oxygen atoms in total. The number of rotatable bonds is 6. The zero-order valence-corrected chi connectivity index (χ0v) is 67.8. The topological polar surface area (TPSA) is 189 Å². The fourth-order valence-electron chi connectivity index (χ4n) is 23.2. The van der Waals surface area contributed by atoms with Crippen LogP contribution in [0.2, 0.25) is 0 Å². The van der Waals surface area contributed by atoms with Gasteiger partial charge in [0.2, 0.25) is 11.8 Å². The van der Waals surface area contributed by atoms with Gasteiger partial charge in [0.25, 0.3) is 5.91 Å². The summed E-state index contributed by atoms with van der Waals surface area (Å²) in [6.07, 6.45) is 26.3. The van der Waals surface area contributed by atoms with Crippen LogP contribution in [-0.2, 0) is 45.5 Å². The van der Waals surface area contributed by atoms with Gasteiger partial charge in [0, 0.05) is 156 Å². The van der Waals surface area contributed by atoms with Gasteiger partial charge < -0.3 is 62.8 Å². The number of para-hydroxylation sites is 1. The first-order chi connectivity index (χ1) is 54.5. The second kappa shape index (κ2) is 32.6. The van der Waals surface area contributed by atoms with Gasteiger partial charge in [0.15, 0.2) is 5.69 Å². The van der Waals surface area contributed by atoms with E-state index in [2.05, 4.69) is 63.2 Å². The largest absolute Gasteiger partial charge is 0.450 e. The molecule has 1 aromatic heterocycles. The zero-order valence-electron chi connectivity index (χ0n) is 67.8. The molecule has 3 saturated carbocycles. The number of amides is 7. The van der Waals surface area contributed by atoms with E-state index in [9.17, 15) is 37.5 Å². The van der Waals surface area contributed by atoms with Gasteiger partial charge in [-0.25, -0.2) is 23.2 Å². The number of halogens is 2. The van der Waals surface area contributed by atoms with Crippen molar-refractivity contribution < 1.29 is 57.7 Å². The molecule has 19 rings (SSSR count). The molecule has 5 unspecified atom stereocenters. The number of nitrogens with zero attached hydrogens (tertiary/aromatic N) is 11. The number of carbonyl (C=O) groups excluding carboxylic acids is 6. The highest BCUT2D eigenvalue weighted by Gasteiger charge is 2.54. The Hall–Kier alpha value is -7.99. The van der Waals surface area contributed by atoms with Crippen molar-refractivity contribution in [2.75, 3.05) is 132 Å². The average Bonchev–Trinajstić information content (AvgIpc) is 1.61. The predicted molar refractivity (Wildman–Crippen MR) is 433 cm³/mol. The summed E-state index contributed by atoms with van der Waals surface area (Å²) in [6.45, 7) is 21.2.